The molecule has 120 valence electrons. The van der Waals surface area contributed by atoms with Gasteiger partial charge in [0.2, 0.25) is 0 Å². The third-order valence-electron chi connectivity index (χ3n) is 5.20. The van der Waals surface area contributed by atoms with Crippen LogP contribution in [0.4, 0.5) is 10.1 Å². The lowest BCUT2D eigenvalue weighted by molar-refractivity contribution is 0.0634. The first-order valence-electron chi connectivity index (χ1n) is 8.08. The number of nitrogens with zero attached hydrogens (tertiary/aromatic N) is 2. The largest absolute Gasteiger partial charge is 0.355 e. The number of carbonyl (C=O) groups is 1. The molecular weight excluding hydrogens is 305 g/mol. The van der Waals surface area contributed by atoms with Crippen LogP contribution in [0.2, 0.25) is 0 Å². The van der Waals surface area contributed by atoms with Crippen molar-refractivity contribution in [1.82, 2.24) is 9.88 Å². The molecule has 1 amide bonds. The number of para-hydroxylation sites is 1. The molecule has 2 aliphatic heterocycles. The molecule has 1 atom stereocenters. The second-order valence-electron chi connectivity index (χ2n) is 6.46. The summed E-state index contributed by atoms with van der Waals surface area (Å²) in [7, 11) is 1.96. The van der Waals surface area contributed by atoms with E-state index in [4.69, 9.17) is 0 Å². The molecule has 2 aromatic carbocycles. The van der Waals surface area contributed by atoms with Crippen molar-refractivity contribution in [2.75, 3.05) is 18.5 Å². The Bertz CT molecular complexity index is 993. The minimum atomic E-state index is -0.378. The Morgan fingerprint density at radius 3 is 2.92 bits per heavy atom. The van der Waals surface area contributed by atoms with E-state index < -0.39 is 0 Å². The van der Waals surface area contributed by atoms with E-state index in [0.717, 1.165) is 23.3 Å². The van der Waals surface area contributed by atoms with E-state index >= 15 is 0 Å². The molecule has 0 aliphatic carbocycles. The first-order chi connectivity index (χ1) is 11.6. The Morgan fingerprint density at radius 2 is 2.04 bits per heavy atom. The predicted molar refractivity (Wildman–Crippen MR) is 90.6 cm³/mol. The number of amides is 1. The Kier molecular flexibility index (Phi) is 2.61. The molecule has 0 saturated heterocycles. The lowest BCUT2D eigenvalue weighted by Gasteiger charge is -2.46. The maximum atomic E-state index is 13.6. The number of nitrogens with one attached hydrogen (secondary N) is 1. The van der Waals surface area contributed by atoms with E-state index in [0.29, 0.717) is 12.1 Å². The van der Waals surface area contributed by atoms with Gasteiger partial charge in [-0.15, -0.1) is 0 Å². The van der Waals surface area contributed by atoms with Gasteiger partial charge in [0, 0.05) is 24.5 Å². The third kappa shape index (κ3) is 1.64. The Morgan fingerprint density at radius 1 is 1.21 bits per heavy atom. The minimum absolute atomic E-state index is 0.100. The van der Waals surface area contributed by atoms with Gasteiger partial charge in [0.15, 0.2) is 0 Å². The second-order valence-corrected chi connectivity index (χ2v) is 6.46. The van der Waals surface area contributed by atoms with Crippen LogP contribution in [0.15, 0.2) is 42.5 Å². The topological polar surface area (TPSA) is 39.3 Å². The van der Waals surface area contributed by atoms with Gasteiger partial charge in [0.1, 0.15) is 12.0 Å². The minimum Gasteiger partial charge on any atom is -0.355 e. The van der Waals surface area contributed by atoms with Gasteiger partial charge in [0.05, 0.1) is 16.9 Å². The van der Waals surface area contributed by atoms with Gasteiger partial charge < -0.3 is 14.8 Å². The number of anilines is 1. The van der Waals surface area contributed by atoms with Gasteiger partial charge in [0.25, 0.3) is 5.91 Å². The van der Waals surface area contributed by atoms with Crippen molar-refractivity contribution in [2.24, 2.45) is 0 Å². The lowest BCUT2D eigenvalue weighted by atomic mass is 9.96. The van der Waals surface area contributed by atoms with Gasteiger partial charge in [-0.2, -0.15) is 0 Å². The summed E-state index contributed by atoms with van der Waals surface area (Å²) in [4.78, 5) is 20.3. The van der Waals surface area contributed by atoms with Gasteiger partial charge in [-0.05, 0) is 36.2 Å². The number of carbonyl (C=O) groups excluding carboxylic acids is 1. The number of benzene rings is 2. The number of aromatic nitrogens is 1. The van der Waals surface area contributed by atoms with Crippen molar-refractivity contribution in [3.8, 4) is 0 Å². The first kappa shape index (κ1) is 13.6. The van der Waals surface area contributed by atoms with Crippen LogP contribution >= 0.6 is 0 Å². The molecule has 0 radical (unpaired) electrons. The molecule has 0 saturated carbocycles. The third-order valence-corrected chi connectivity index (χ3v) is 5.20. The van der Waals surface area contributed by atoms with Crippen LogP contribution < -0.4 is 4.90 Å². The van der Waals surface area contributed by atoms with Gasteiger partial charge in [-0.3, -0.25) is 4.79 Å². The highest BCUT2D eigenvalue weighted by atomic mass is 19.1. The standard InChI is InChI=1S/C19H16FN3O/c1-22-16-7-6-11(20)10-14(16)19(24)23-9-8-13-12-4-2-3-5-15(12)21-17(13)18(22)23/h2-7,10,18,21H,8-9H2,1H3/t18-/m0/s1. The number of rotatable bonds is 0. The molecule has 3 heterocycles. The van der Waals surface area contributed by atoms with E-state index in [1.54, 1.807) is 6.07 Å². The van der Waals surface area contributed by atoms with E-state index in [2.05, 4.69) is 22.0 Å². The average molecular weight is 321 g/mol. The first-order valence-corrected chi connectivity index (χ1v) is 8.08. The SMILES string of the molecule is CN1c2ccc(F)cc2C(=O)N2CCc3c([nH]c4ccccc34)[C@H]21. The molecule has 1 aromatic heterocycles. The Balaban J connectivity index is 1.73. The number of hydrogen-bond acceptors (Lipinski definition) is 2. The van der Waals surface area contributed by atoms with Gasteiger partial charge in [-0.1, -0.05) is 18.2 Å². The fourth-order valence-electron chi connectivity index (χ4n) is 4.11. The van der Waals surface area contributed by atoms with Crippen molar-refractivity contribution >= 4 is 22.5 Å². The molecule has 0 spiro atoms. The lowest BCUT2D eigenvalue weighted by Crippen LogP contribution is -2.51. The van der Waals surface area contributed by atoms with Crippen molar-refractivity contribution < 1.29 is 9.18 Å². The van der Waals surface area contributed by atoms with Crippen molar-refractivity contribution in [1.29, 1.82) is 0 Å². The van der Waals surface area contributed by atoms with E-state index in [1.807, 2.05) is 24.1 Å². The summed E-state index contributed by atoms with van der Waals surface area (Å²) >= 11 is 0. The number of H-pyrrole nitrogens is 1. The number of hydrogen-bond donors (Lipinski definition) is 1. The smallest absolute Gasteiger partial charge is 0.258 e. The molecule has 2 aliphatic rings. The zero-order valence-corrected chi connectivity index (χ0v) is 13.2. The molecule has 1 N–H and O–H groups in total. The summed E-state index contributed by atoms with van der Waals surface area (Å²) < 4.78 is 13.6. The fraction of sp³-hybridized carbons (Fsp3) is 0.211. The number of fused-ring (bicyclic) bond motifs is 6. The summed E-state index contributed by atoms with van der Waals surface area (Å²) in [5, 5.41) is 1.22. The molecule has 0 fully saturated rings. The molecule has 5 rings (SSSR count). The quantitative estimate of drug-likeness (QED) is 0.689. The van der Waals surface area contributed by atoms with E-state index in [1.165, 1.54) is 23.1 Å². The van der Waals surface area contributed by atoms with Crippen LogP contribution in [0.5, 0.6) is 0 Å². The van der Waals surface area contributed by atoms with Crippen LogP contribution in [-0.4, -0.2) is 29.4 Å². The Hall–Kier alpha value is -2.82. The highest BCUT2D eigenvalue weighted by Gasteiger charge is 2.41. The maximum absolute atomic E-state index is 13.6. The van der Waals surface area contributed by atoms with Crippen LogP contribution in [-0.2, 0) is 6.42 Å². The van der Waals surface area contributed by atoms with E-state index in [-0.39, 0.29) is 17.9 Å². The normalized spacial score (nSPS) is 19.2. The van der Waals surface area contributed by atoms with Crippen LogP contribution in [0.3, 0.4) is 0 Å². The molecule has 24 heavy (non-hydrogen) atoms. The van der Waals surface area contributed by atoms with E-state index in [9.17, 15) is 9.18 Å². The van der Waals surface area contributed by atoms with Crippen molar-refractivity contribution in [3.05, 3.63) is 65.1 Å². The fourth-order valence-corrected chi connectivity index (χ4v) is 4.11. The monoisotopic (exact) mass is 321 g/mol. The molecule has 0 unspecified atom stereocenters. The summed E-state index contributed by atoms with van der Waals surface area (Å²) in [5.41, 5.74) is 4.64. The summed E-state index contributed by atoms with van der Waals surface area (Å²) in [5.74, 6) is -0.478. The average Bonchev–Trinajstić information content (AvgIpc) is 2.97. The molecule has 0 bridgehead atoms. The van der Waals surface area contributed by atoms with Crippen LogP contribution in [0.25, 0.3) is 10.9 Å². The highest BCUT2D eigenvalue weighted by molar-refractivity contribution is 6.02. The van der Waals surface area contributed by atoms with Crippen LogP contribution in [0, 0.1) is 5.82 Å². The molecular formula is C19H16FN3O. The van der Waals surface area contributed by atoms with Gasteiger partial charge >= 0.3 is 0 Å². The zero-order chi connectivity index (χ0) is 16.4. The van der Waals surface area contributed by atoms with Crippen molar-refractivity contribution in [2.45, 2.75) is 12.6 Å². The predicted octanol–water partition coefficient (Wildman–Crippen LogP) is 3.45. The highest BCUT2D eigenvalue weighted by Crippen LogP contribution is 2.42. The molecule has 3 aromatic rings. The Labute approximate surface area is 138 Å². The maximum Gasteiger partial charge on any atom is 0.258 e. The second kappa shape index (κ2) is 4.60. The summed E-state index contributed by atoms with van der Waals surface area (Å²) in [6, 6.07) is 12.7. The molecule has 5 heteroatoms. The zero-order valence-electron chi connectivity index (χ0n) is 13.2. The summed E-state index contributed by atoms with van der Waals surface area (Å²) in [6.45, 7) is 0.638. The molecule has 4 nitrogen and oxygen atoms in total. The number of halogens is 1. The van der Waals surface area contributed by atoms with Crippen LogP contribution in [0.1, 0.15) is 27.8 Å². The number of aromatic amines is 1. The van der Waals surface area contributed by atoms with Gasteiger partial charge in [-0.25, -0.2) is 4.39 Å². The van der Waals surface area contributed by atoms with Crippen molar-refractivity contribution in [3.63, 3.8) is 0 Å². The summed E-state index contributed by atoms with van der Waals surface area (Å²) in [6.07, 6.45) is 0.631.